The molecule has 0 aromatic heterocycles. The van der Waals surface area contributed by atoms with Crippen LogP contribution in [0.5, 0.6) is 23.0 Å². The highest BCUT2D eigenvalue weighted by atomic mass is 35.5. The van der Waals surface area contributed by atoms with Crippen molar-refractivity contribution in [3.05, 3.63) is 70.2 Å². The first-order chi connectivity index (χ1) is 16.4. The summed E-state index contributed by atoms with van der Waals surface area (Å²) in [7, 11) is 0. The maximum absolute atomic E-state index is 6.57. The van der Waals surface area contributed by atoms with Crippen LogP contribution in [0.2, 0.25) is 10.0 Å². The summed E-state index contributed by atoms with van der Waals surface area (Å²) in [6.45, 7) is 0. The normalized spacial score (nSPS) is 27.1. The molecule has 3 aromatic rings. The van der Waals surface area contributed by atoms with Crippen LogP contribution >= 0.6 is 23.2 Å². The largest absolute Gasteiger partial charge is 0.453 e. The molecular weight excluding hydrogens is 467 g/mol. The lowest BCUT2D eigenvalue weighted by molar-refractivity contribution is -0.00608. The molecule has 4 fully saturated rings. The van der Waals surface area contributed by atoms with Gasteiger partial charge in [0.05, 0.1) is 21.4 Å². The van der Waals surface area contributed by atoms with E-state index in [0.29, 0.717) is 38.7 Å². The van der Waals surface area contributed by atoms with E-state index < -0.39 is 0 Å². The highest BCUT2D eigenvalue weighted by Gasteiger charge is 2.52. The van der Waals surface area contributed by atoms with Gasteiger partial charge in [-0.05, 0) is 92.0 Å². The molecule has 4 aliphatic rings. The molecule has 176 valence electrons. The zero-order valence-electron chi connectivity index (χ0n) is 18.9. The number of halogens is 2. The van der Waals surface area contributed by atoms with Crippen molar-refractivity contribution in [1.29, 1.82) is 0 Å². The van der Waals surface area contributed by atoms with E-state index in [2.05, 4.69) is 12.1 Å². The number of nitrogens with two attached hydrogens (primary N) is 2. The first kappa shape index (κ1) is 21.9. The Balaban J connectivity index is 1.45. The lowest BCUT2D eigenvalue weighted by atomic mass is 9.48. The molecule has 34 heavy (non-hydrogen) atoms. The Morgan fingerprint density at radius 2 is 1.24 bits per heavy atom. The van der Waals surface area contributed by atoms with Crippen LogP contribution in [0, 0.1) is 17.8 Å². The van der Waals surface area contributed by atoms with Gasteiger partial charge in [0, 0.05) is 17.7 Å². The summed E-state index contributed by atoms with van der Waals surface area (Å²) in [6, 6.07) is 16.9. The lowest BCUT2D eigenvalue weighted by Crippen LogP contribution is -2.48. The Labute approximate surface area is 210 Å². The summed E-state index contributed by atoms with van der Waals surface area (Å²) < 4.78 is 12.9. The molecule has 0 atom stereocenters. The molecule has 4 saturated carbocycles. The molecule has 4 N–H and O–H groups in total. The third-order valence-corrected chi connectivity index (χ3v) is 8.63. The second kappa shape index (κ2) is 8.28. The van der Waals surface area contributed by atoms with Crippen molar-refractivity contribution in [3.63, 3.8) is 0 Å². The van der Waals surface area contributed by atoms with E-state index in [0.717, 1.165) is 23.5 Å². The maximum Gasteiger partial charge on any atom is 0.173 e. The third-order valence-electron chi connectivity index (χ3n) is 7.98. The first-order valence-corrected chi connectivity index (χ1v) is 12.7. The predicted molar refractivity (Wildman–Crippen MR) is 138 cm³/mol. The molecule has 0 amide bonds. The Hall–Kier alpha value is -2.56. The molecule has 0 radical (unpaired) electrons. The fourth-order valence-corrected chi connectivity index (χ4v) is 7.29. The second-order valence-corrected chi connectivity index (χ2v) is 11.2. The molecule has 4 nitrogen and oxygen atoms in total. The van der Waals surface area contributed by atoms with Crippen molar-refractivity contribution in [2.45, 2.75) is 43.9 Å². The molecule has 3 aromatic carbocycles. The molecule has 6 heteroatoms. The molecule has 0 heterocycles. The summed E-state index contributed by atoms with van der Waals surface area (Å²) in [5, 5.41) is 0.931. The van der Waals surface area contributed by atoms with Gasteiger partial charge >= 0.3 is 0 Å². The first-order valence-electron chi connectivity index (χ1n) is 12.0. The maximum atomic E-state index is 6.57. The van der Waals surface area contributed by atoms with Crippen molar-refractivity contribution >= 4 is 34.6 Å². The summed E-state index contributed by atoms with van der Waals surface area (Å²) in [4.78, 5) is 0. The minimum absolute atomic E-state index is 0.125. The van der Waals surface area contributed by atoms with Crippen molar-refractivity contribution in [1.82, 2.24) is 0 Å². The molecule has 0 spiro atoms. The molecule has 4 aliphatic carbocycles. The average Bonchev–Trinajstić information content (AvgIpc) is 2.79. The van der Waals surface area contributed by atoms with Crippen LogP contribution in [-0.2, 0) is 5.41 Å². The summed E-state index contributed by atoms with van der Waals surface area (Å²) >= 11 is 12.6. The number of benzene rings is 3. The van der Waals surface area contributed by atoms with Crippen LogP contribution in [0.4, 0.5) is 11.4 Å². The quantitative estimate of drug-likeness (QED) is 0.350. The zero-order chi connectivity index (χ0) is 23.4. The standard InChI is InChI=1S/C28H28Cl2N2O2/c29-22-11-19(4-6-24(22)31)33-26-3-1-2-21(27(26)34-20-5-7-25(32)23(30)12-20)28-13-16-8-17(14-28)10-18(9-16)15-28/h1-7,11-12,16-18H,8-10,13-15,31-32H2. The number of nitrogen functional groups attached to an aromatic ring is 2. The van der Waals surface area contributed by atoms with E-state index in [9.17, 15) is 0 Å². The van der Waals surface area contributed by atoms with Gasteiger partial charge in [-0.25, -0.2) is 0 Å². The SMILES string of the molecule is Nc1ccc(Oc2cccc(C34CC5CC(CC(C5)C3)C4)c2Oc2ccc(N)c(Cl)c2)cc1Cl. The van der Waals surface area contributed by atoms with Gasteiger partial charge in [0.15, 0.2) is 11.5 Å². The predicted octanol–water partition coefficient (Wildman–Crippen LogP) is 8.21. The van der Waals surface area contributed by atoms with Gasteiger partial charge in [-0.2, -0.15) is 0 Å². The van der Waals surface area contributed by atoms with Crippen LogP contribution in [0.25, 0.3) is 0 Å². The number of ether oxygens (including phenoxy) is 2. The fourth-order valence-electron chi connectivity index (χ4n) is 6.95. The highest BCUT2D eigenvalue weighted by Crippen LogP contribution is 2.63. The average molecular weight is 495 g/mol. The van der Waals surface area contributed by atoms with Gasteiger partial charge in [-0.15, -0.1) is 0 Å². The highest BCUT2D eigenvalue weighted by molar-refractivity contribution is 6.33. The van der Waals surface area contributed by atoms with Gasteiger partial charge in [0.2, 0.25) is 0 Å². The van der Waals surface area contributed by atoms with Gasteiger partial charge in [-0.3, -0.25) is 0 Å². The van der Waals surface area contributed by atoms with Gasteiger partial charge < -0.3 is 20.9 Å². The molecular formula is C28H28Cl2N2O2. The van der Waals surface area contributed by atoms with E-state index in [1.165, 1.54) is 44.1 Å². The monoisotopic (exact) mass is 494 g/mol. The van der Waals surface area contributed by atoms with Crippen molar-refractivity contribution in [2.75, 3.05) is 11.5 Å². The van der Waals surface area contributed by atoms with Gasteiger partial charge in [0.1, 0.15) is 11.5 Å². The second-order valence-electron chi connectivity index (χ2n) is 10.4. The molecule has 4 bridgehead atoms. The summed E-state index contributed by atoms with van der Waals surface area (Å²) in [6.07, 6.45) is 7.79. The van der Waals surface area contributed by atoms with Crippen molar-refractivity contribution in [3.8, 4) is 23.0 Å². The van der Waals surface area contributed by atoms with E-state index in [1.54, 1.807) is 24.3 Å². The van der Waals surface area contributed by atoms with Crippen LogP contribution in [0.15, 0.2) is 54.6 Å². The Morgan fingerprint density at radius 1 is 0.706 bits per heavy atom. The Morgan fingerprint density at radius 3 is 1.76 bits per heavy atom. The number of rotatable bonds is 5. The summed E-state index contributed by atoms with van der Waals surface area (Å²) in [5.41, 5.74) is 14.2. The Bertz CT molecular complexity index is 1220. The van der Waals surface area contributed by atoms with Crippen molar-refractivity contribution in [2.24, 2.45) is 17.8 Å². The summed E-state index contributed by atoms with van der Waals surface area (Å²) in [5.74, 6) is 5.08. The van der Waals surface area contributed by atoms with Crippen LogP contribution < -0.4 is 20.9 Å². The number of para-hydroxylation sites is 1. The van der Waals surface area contributed by atoms with E-state index in [1.807, 2.05) is 18.2 Å². The van der Waals surface area contributed by atoms with Gasteiger partial charge in [0.25, 0.3) is 0 Å². The minimum atomic E-state index is 0.125. The smallest absolute Gasteiger partial charge is 0.173 e. The van der Waals surface area contributed by atoms with Crippen LogP contribution in [0.3, 0.4) is 0 Å². The number of hydrogen-bond donors (Lipinski definition) is 2. The molecule has 0 saturated heterocycles. The van der Waals surface area contributed by atoms with Crippen LogP contribution in [0.1, 0.15) is 44.1 Å². The zero-order valence-corrected chi connectivity index (χ0v) is 20.4. The lowest BCUT2D eigenvalue weighted by Gasteiger charge is -2.57. The molecule has 0 unspecified atom stereocenters. The molecule has 0 aliphatic heterocycles. The molecule has 7 rings (SSSR count). The third kappa shape index (κ3) is 3.87. The van der Waals surface area contributed by atoms with Crippen LogP contribution in [-0.4, -0.2) is 0 Å². The minimum Gasteiger partial charge on any atom is -0.453 e. The van der Waals surface area contributed by atoms with Crippen molar-refractivity contribution < 1.29 is 9.47 Å². The van der Waals surface area contributed by atoms with E-state index in [-0.39, 0.29) is 5.41 Å². The van der Waals surface area contributed by atoms with E-state index >= 15 is 0 Å². The van der Waals surface area contributed by atoms with E-state index in [4.69, 9.17) is 44.1 Å². The fraction of sp³-hybridized carbons (Fsp3) is 0.357. The number of hydrogen-bond acceptors (Lipinski definition) is 4. The van der Waals surface area contributed by atoms with Gasteiger partial charge in [-0.1, -0.05) is 35.3 Å². The Kier molecular flexibility index (Phi) is 5.34. The number of anilines is 2. The topological polar surface area (TPSA) is 70.5 Å².